The van der Waals surface area contributed by atoms with Gasteiger partial charge in [-0.15, -0.1) is 0 Å². The smallest absolute Gasteiger partial charge is 0.549 e. The number of rotatable bonds is 20. The molecule has 15 heteroatoms. The molecule has 1 aromatic carbocycles. The van der Waals surface area contributed by atoms with Crippen molar-refractivity contribution < 1.29 is 94.2 Å². The van der Waals surface area contributed by atoms with Crippen molar-refractivity contribution in [1.29, 1.82) is 0 Å². The fourth-order valence-corrected chi connectivity index (χ4v) is 3.28. The standard InChI is InChI=1S/C22H31N3O11.Gd/c26-18(27)10-23(6-7-24(11-19(28)29)12-20(30)31)8-9-25(13-21(32)33)17(22(34)35)15-36-14-16-4-2-1-3-5-16;/h1-5,17H,6-15H2,(H,26,27)(H,28,29)(H,30,31)(H,32,33)(H,34,35);/q;+3/p-5. The zero-order chi connectivity index (χ0) is 27.1. The summed E-state index contributed by atoms with van der Waals surface area (Å²) in [6.07, 6.45) is 0. The molecular formula is C22H26GdN3O11-2. The Hall–Kier alpha value is -2.27. The second kappa shape index (κ2) is 18.9. The van der Waals surface area contributed by atoms with Crippen molar-refractivity contribution in [2.45, 2.75) is 12.6 Å². The van der Waals surface area contributed by atoms with Crippen LogP contribution in [0.4, 0.5) is 0 Å². The summed E-state index contributed by atoms with van der Waals surface area (Å²) in [4.78, 5) is 58.8. The van der Waals surface area contributed by atoms with E-state index in [2.05, 4.69) is 0 Å². The molecule has 1 atom stereocenters. The van der Waals surface area contributed by atoms with Crippen molar-refractivity contribution >= 4 is 29.8 Å². The third kappa shape index (κ3) is 16.2. The number of carboxylic acids is 5. The average molecular weight is 666 g/mol. The largest absolute Gasteiger partial charge is 3.00 e. The second-order valence-corrected chi connectivity index (χ2v) is 7.78. The molecule has 0 aliphatic heterocycles. The van der Waals surface area contributed by atoms with Crippen LogP contribution in [0.3, 0.4) is 0 Å². The summed E-state index contributed by atoms with van der Waals surface area (Å²) in [6.45, 7) is -4.27. The van der Waals surface area contributed by atoms with Gasteiger partial charge < -0.3 is 54.2 Å². The number of hydrogen-bond donors (Lipinski definition) is 0. The zero-order valence-electron chi connectivity index (χ0n) is 19.7. The fourth-order valence-electron chi connectivity index (χ4n) is 3.28. The summed E-state index contributed by atoms with van der Waals surface area (Å²) >= 11 is 0. The van der Waals surface area contributed by atoms with Crippen LogP contribution in [0.25, 0.3) is 0 Å². The molecule has 1 unspecified atom stereocenters. The minimum absolute atomic E-state index is 0. The first-order chi connectivity index (χ1) is 17.0. The maximum absolute atomic E-state index is 11.7. The molecule has 0 aliphatic carbocycles. The van der Waals surface area contributed by atoms with Gasteiger partial charge in [-0.2, -0.15) is 0 Å². The van der Waals surface area contributed by atoms with Gasteiger partial charge >= 0.3 is 39.9 Å². The predicted molar refractivity (Wildman–Crippen MR) is 109 cm³/mol. The van der Waals surface area contributed by atoms with E-state index in [-0.39, 0.29) is 72.7 Å². The SMILES string of the molecule is O=C([O-])CN(CCN(CC(=O)[O-])CC(=O)[O-])CCN(CC(=O)[O-])C(COCc1ccccc1)C(=O)[O-].[Gd+3]. The van der Waals surface area contributed by atoms with Crippen LogP contribution in [0.5, 0.6) is 0 Å². The number of hydrogen-bond acceptors (Lipinski definition) is 14. The molecule has 1 rings (SSSR count). The first kappa shape index (κ1) is 34.7. The van der Waals surface area contributed by atoms with E-state index in [9.17, 15) is 49.5 Å². The van der Waals surface area contributed by atoms with E-state index in [1.807, 2.05) is 0 Å². The minimum Gasteiger partial charge on any atom is -0.549 e. The first-order valence-electron chi connectivity index (χ1n) is 10.8. The van der Waals surface area contributed by atoms with Crippen LogP contribution in [0, 0.1) is 39.9 Å². The topological polar surface area (TPSA) is 220 Å². The molecule has 14 nitrogen and oxygen atoms in total. The number of benzene rings is 1. The summed E-state index contributed by atoms with van der Waals surface area (Å²) in [7, 11) is 0. The van der Waals surface area contributed by atoms with Crippen molar-refractivity contribution in [3.63, 3.8) is 0 Å². The maximum Gasteiger partial charge on any atom is 3.00 e. The Labute approximate surface area is 245 Å². The number of carboxylic acid groups (broad SMARTS) is 5. The second-order valence-electron chi connectivity index (χ2n) is 7.78. The van der Waals surface area contributed by atoms with Crippen molar-refractivity contribution in [3.8, 4) is 0 Å². The summed E-state index contributed by atoms with van der Waals surface area (Å²) in [5, 5.41) is 55.7. The van der Waals surface area contributed by atoms with Gasteiger partial charge in [0.2, 0.25) is 0 Å². The van der Waals surface area contributed by atoms with E-state index in [0.29, 0.717) is 0 Å². The molecule has 0 aliphatic rings. The van der Waals surface area contributed by atoms with Crippen LogP contribution in [-0.4, -0.2) is 110 Å². The molecule has 0 aromatic heterocycles. The third-order valence-electron chi connectivity index (χ3n) is 4.93. The van der Waals surface area contributed by atoms with Gasteiger partial charge in [-0.25, -0.2) is 0 Å². The predicted octanol–water partition coefficient (Wildman–Crippen LogP) is -7.77. The van der Waals surface area contributed by atoms with E-state index in [1.165, 1.54) is 4.90 Å². The first-order valence-corrected chi connectivity index (χ1v) is 10.8. The van der Waals surface area contributed by atoms with Gasteiger partial charge in [0.1, 0.15) is 0 Å². The van der Waals surface area contributed by atoms with Gasteiger partial charge in [-0.1, -0.05) is 30.3 Å². The zero-order valence-corrected chi connectivity index (χ0v) is 22.0. The van der Waals surface area contributed by atoms with Gasteiger partial charge in [-0.3, -0.25) is 14.7 Å². The van der Waals surface area contributed by atoms with Gasteiger partial charge in [-0.05, 0) is 5.56 Å². The van der Waals surface area contributed by atoms with Gasteiger partial charge in [0.25, 0.3) is 0 Å². The summed E-state index contributed by atoms with van der Waals surface area (Å²) < 4.78 is 5.41. The molecule has 0 saturated heterocycles. The molecule has 0 saturated carbocycles. The van der Waals surface area contributed by atoms with Gasteiger partial charge in [0, 0.05) is 52.4 Å². The van der Waals surface area contributed by atoms with E-state index in [1.54, 1.807) is 30.3 Å². The van der Waals surface area contributed by atoms with Crippen LogP contribution in [-0.2, 0) is 35.3 Å². The number of nitrogens with zero attached hydrogens (tertiary/aromatic N) is 3. The Kier molecular flexibility index (Phi) is 17.7. The van der Waals surface area contributed by atoms with E-state index in [0.717, 1.165) is 15.4 Å². The minimum atomic E-state index is -1.62. The van der Waals surface area contributed by atoms with Crippen LogP contribution in [0.15, 0.2) is 30.3 Å². The van der Waals surface area contributed by atoms with E-state index < -0.39 is 68.7 Å². The average Bonchev–Trinajstić information content (AvgIpc) is 2.76. The number of aliphatic carboxylic acids is 5. The molecule has 0 N–H and O–H groups in total. The Morgan fingerprint density at radius 3 is 1.62 bits per heavy atom. The Morgan fingerprint density at radius 2 is 1.14 bits per heavy atom. The number of carbonyl (C=O) groups is 5. The van der Waals surface area contributed by atoms with Crippen LogP contribution in [0.1, 0.15) is 5.56 Å². The Morgan fingerprint density at radius 1 is 0.676 bits per heavy atom. The molecule has 0 spiro atoms. The molecule has 0 amide bonds. The molecule has 37 heavy (non-hydrogen) atoms. The molecule has 205 valence electrons. The Balaban J connectivity index is 0.0000130. The van der Waals surface area contributed by atoms with E-state index in [4.69, 9.17) is 4.74 Å². The molecule has 0 fully saturated rings. The van der Waals surface area contributed by atoms with Crippen molar-refractivity contribution in [1.82, 2.24) is 14.7 Å². The fraction of sp³-hybridized carbons (Fsp3) is 0.500. The van der Waals surface area contributed by atoms with E-state index >= 15 is 0 Å². The molecule has 1 aromatic rings. The third-order valence-corrected chi connectivity index (χ3v) is 4.93. The molecule has 0 heterocycles. The van der Waals surface area contributed by atoms with Crippen molar-refractivity contribution in [2.24, 2.45) is 0 Å². The normalized spacial score (nSPS) is 11.8. The number of carbonyl (C=O) groups excluding carboxylic acids is 5. The maximum atomic E-state index is 11.7. The van der Waals surface area contributed by atoms with Crippen molar-refractivity contribution in [2.75, 3.05) is 59.0 Å². The van der Waals surface area contributed by atoms with Crippen LogP contribution >= 0.6 is 0 Å². The Bertz CT molecular complexity index is 872. The summed E-state index contributed by atoms with van der Waals surface area (Å²) in [5.74, 6) is -7.85. The molecular weight excluding hydrogens is 640 g/mol. The molecule has 1 radical (unpaired) electrons. The van der Waals surface area contributed by atoms with Crippen LogP contribution < -0.4 is 25.5 Å². The van der Waals surface area contributed by atoms with Crippen LogP contribution in [0.2, 0.25) is 0 Å². The van der Waals surface area contributed by atoms with Crippen molar-refractivity contribution in [3.05, 3.63) is 35.9 Å². The quantitative estimate of drug-likeness (QED) is 0.126. The summed E-state index contributed by atoms with van der Waals surface area (Å²) in [5.41, 5.74) is 0.749. The van der Waals surface area contributed by atoms with Gasteiger partial charge in [0.05, 0.1) is 49.1 Å². The van der Waals surface area contributed by atoms with Gasteiger partial charge in [0.15, 0.2) is 0 Å². The summed E-state index contributed by atoms with van der Waals surface area (Å²) in [6, 6.07) is 7.27. The number of ether oxygens (including phenoxy) is 1. The molecule has 0 bridgehead atoms. The monoisotopic (exact) mass is 666 g/mol.